The number of amides is 1. The highest BCUT2D eigenvalue weighted by molar-refractivity contribution is 9.10. The molecule has 1 aliphatic heterocycles. The first-order valence-electron chi connectivity index (χ1n) is 9.03. The van der Waals surface area contributed by atoms with E-state index < -0.39 is 0 Å². The third-order valence-corrected chi connectivity index (χ3v) is 5.42. The van der Waals surface area contributed by atoms with E-state index in [1.807, 2.05) is 53.4 Å². The molecule has 0 radical (unpaired) electrons. The van der Waals surface area contributed by atoms with E-state index in [1.54, 1.807) is 0 Å². The van der Waals surface area contributed by atoms with Gasteiger partial charge < -0.3 is 9.64 Å². The maximum absolute atomic E-state index is 13.0. The van der Waals surface area contributed by atoms with Gasteiger partial charge in [-0.05, 0) is 47.4 Å². The van der Waals surface area contributed by atoms with Gasteiger partial charge in [-0.3, -0.25) is 4.79 Å². The number of halogens is 1. The van der Waals surface area contributed by atoms with Crippen LogP contribution >= 0.6 is 15.9 Å². The van der Waals surface area contributed by atoms with Gasteiger partial charge in [0.05, 0.1) is 6.04 Å². The zero-order valence-electron chi connectivity index (χ0n) is 14.8. The van der Waals surface area contributed by atoms with E-state index in [9.17, 15) is 4.79 Å². The molecule has 0 spiro atoms. The van der Waals surface area contributed by atoms with Gasteiger partial charge in [-0.2, -0.15) is 0 Å². The van der Waals surface area contributed by atoms with Crippen molar-refractivity contribution in [2.45, 2.75) is 12.5 Å². The van der Waals surface area contributed by atoms with Gasteiger partial charge in [-0.25, -0.2) is 0 Å². The summed E-state index contributed by atoms with van der Waals surface area (Å²) in [6.45, 7) is 0.728. The van der Waals surface area contributed by atoms with Crippen molar-refractivity contribution in [2.24, 2.45) is 0 Å². The second-order valence-corrected chi connectivity index (χ2v) is 7.51. The van der Waals surface area contributed by atoms with E-state index in [2.05, 4.69) is 46.3 Å². The van der Waals surface area contributed by atoms with Crippen molar-refractivity contribution in [3.63, 3.8) is 0 Å². The molecule has 1 aliphatic rings. The lowest BCUT2D eigenvalue weighted by Crippen LogP contribution is -2.42. The Labute approximate surface area is 167 Å². The number of nitrogens with zero attached hydrogens (tertiary/aromatic N) is 1. The number of benzene rings is 3. The first kappa shape index (κ1) is 17.8. The summed E-state index contributed by atoms with van der Waals surface area (Å²) >= 11 is 3.41. The number of rotatable bonds is 4. The zero-order valence-corrected chi connectivity index (χ0v) is 16.4. The molecule has 0 fully saturated rings. The predicted molar refractivity (Wildman–Crippen MR) is 110 cm³/mol. The Kier molecular flexibility index (Phi) is 5.26. The van der Waals surface area contributed by atoms with Crippen LogP contribution in [0.1, 0.15) is 22.7 Å². The third kappa shape index (κ3) is 3.91. The Hall–Kier alpha value is -2.59. The number of hydrogen-bond donors (Lipinski definition) is 0. The molecule has 0 N–H and O–H groups in total. The standard InChI is InChI=1S/C23H20BrNO2/c24-19-10-12-20(13-11-19)27-16-22(26)25-15-14-17-6-4-5-9-21(17)23(25)18-7-2-1-3-8-18/h1-13,23H,14-16H2. The predicted octanol–water partition coefficient (Wildman–Crippen LogP) is 5.00. The fourth-order valence-corrected chi connectivity index (χ4v) is 3.85. The van der Waals surface area contributed by atoms with E-state index in [0.717, 1.165) is 16.5 Å². The number of carbonyl (C=O) groups excluding carboxylic acids is 1. The summed E-state index contributed by atoms with van der Waals surface area (Å²) < 4.78 is 6.72. The Bertz CT molecular complexity index is 925. The molecule has 4 rings (SSSR count). The van der Waals surface area contributed by atoms with Crippen LogP contribution in [0.15, 0.2) is 83.3 Å². The van der Waals surface area contributed by atoms with Crippen LogP contribution in [-0.4, -0.2) is 24.0 Å². The molecular weight excluding hydrogens is 402 g/mol. The average Bonchev–Trinajstić information content (AvgIpc) is 2.73. The van der Waals surface area contributed by atoms with Gasteiger partial charge >= 0.3 is 0 Å². The Morgan fingerprint density at radius 2 is 1.67 bits per heavy atom. The van der Waals surface area contributed by atoms with E-state index in [0.29, 0.717) is 12.3 Å². The maximum atomic E-state index is 13.0. The lowest BCUT2D eigenvalue weighted by Gasteiger charge is -2.37. The molecule has 27 heavy (non-hydrogen) atoms. The largest absolute Gasteiger partial charge is 0.484 e. The minimum Gasteiger partial charge on any atom is -0.484 e. The molecule has 0 saturated heterocycles. The van der Waals surface area contributed by atoms with Crippen molar-refractivity contribution in [2.75, 3.05) is 13.2 Å². The number of carbonyl (C=O) groups is 1. The summed E-state index contributed by atoms with van der Waals surface area (Å²) in [7, 11) is 0. The number of hydrogen-bond acceptors (Lipinski definition) is 2. The first-order valence-corrected chi connectivity index (χ1v) is 9.82. The van der Waals surface area contributed by atoms with Gasteiger partial charge in [-0.1, -0.05) is 70.5 Å². The molecule has 0 aliphatic carbocycles. The molecule has 3 aromatic carbocycles. The highest BCUT2D eigenvalue weighted by atomic mass is 79.9. The summed E-state index contributed by atoms with van der Waals surface area (Å²) in [5.41, 5.74) is 3.64. The van der Waals surface area contributed by atoms with Crippen LogP contribution in [0, 0.1) is 0 Å². The Morgan fingerprint density at radius 1 is 0.963 bits per heavy atom. The van der Waals surface area contributed by atoms with Crippen LogP contribution < -0.4 is 4.74 Å². The Balaban J connectivity index is 1.58. The highest BCUT2D eigenvalue weighted by Gasteiger charge is 2.31. The molecule has 136 valence electrons. The topological polar surface area (TPSA) is 29.5 Å². The molecule has 3 aromatic rings. The van der Waals surface area contributed by atoms with Gasteiger partial charge in [0.2, 0.25) is 0 Å². The maximum Gasteiger partial charge on any atom is 0.261 e. The molecule has 1 amide bonds. The smallest absolute Gasteiger partial charge is 0.261 e. The summed E-state index contributed by atoms with van der Waals surface area (Å²) in [5.74, 6) is 0.696. The fraction of sp³-hybridized carbons (Fsp3) is 0.174. The summed E-state index contributed by atoms with van der Waals surface area (Å²) in [6, 6.07) is 26.1. The van der Waals surface area contributed by atoms with Crippen molar-refractivity contribution in [3.05, 3.63) is 100 Å². The summed E-state index contributed by atoms with van der Waals surface area (Å²) in [6.07, 6.45) is 0.865. The number of fused-ring (bicyclic) bond motifs is 1. The molecular formula is C23H20BrNO2. The minimum absolute atomic E-state index is 0.00118. The van der Waals surface area contributed by atoms with E-state index in [1.165, 1.54) is 11.1 Å². The van der Waals surface area contributed by atoms with Crippen molar-refractivity contribution >= 4 is 21.8 Å². The quantitative estimate of drug-likeness (QED) is 0.592. The molecule has 1 atom stereocenters. The second kappa shape index (κ2) is 7.97. The molecule has 4 heteroatoms. The van der Waals surface area contributed by atoms with Gasteiger partial charge in [0.1, 0.15) is 5.75 Å². The van der Waals surface area contributed by atoms with Gasteiger partial charge in [0.25, 0.3) is 5.91 Å². The highest BCUT2D eigenvalue weighted by Crippen LogP contribution is 2.35. The normalized spacial score (nSPS) is 15.9. The van der Waals surface area contributed by atoms with Crippen molar-refractivity contribution < 1.29 is 9.53 Å². The molecule has 1 heterocycles. The monoisotopic (exact) mass is 421 g/mol. The lowest BCUT2D eigenvalue weighted by molar-refractivity contribution is -0.135. The minimum atomic E-state index is -0.0721. The SMILES string of the molecule is O=C(COc1ccc(Br)cc1)N1CCc2ccccc2C1c1ccccc1. The van der Waals surface area contributed by atoms with E-state index in [4.69, 9.17) is 4.74 Å². The summed E-state index contributed by atoms with van der Waals surface area (Å²) in [4.78, 5) is 15.0. The molecule has 0 saturated carbocycles. The lowest BCUT2D eigenvalue weighted by atomic mass is 9.88. The third-order valence-electron chi connectivity index (χ3n) is 4.90. The second-order valence-electron chi connectivity index (χ2n) is 6.59. The van der Waals surface area contributed by atoms with Crippen LogP contribution in [0.5, 0.6) is 5.75 Å². The molecule has 1 unspecified atom stereocenters. The van der Waals surface area contributed by atoms with Crippen LogP contribution in [0.2, 0.25) is 0 Å². The fourth-order valence-electron chi connectivity index (χ4n) is 3.59. The average molecular weight is 422 g/mol. The van der Waals surface area contributed by atoms with Gasteiger partial charge in [0, 0.05) is 11.0 Å². The van der Waals surface area contributed by atoms with Crippen LogP contribution in [0.4, 0.5) is 0 Å². The van der Waals surface area contributed by atoms with Crippen LogP contribution in [0.3, 0.4) is 0 Å². The zero-order chi connectivity index (χ0) is 18.6. The van der Waals surface area contributed by atoms with Crippen molar-refractivity contribution in [1.29, 1.82) is 0 Å². The van der Waals surface area contributed by atoms with Crippen molar-refractivity contribution in [3.8, 4) is 5.75 Å². The van der Waals surface area contributed by atoms with E-state index in [-0.39, 0.29) is 18.6 Å². The Morgan fingerprint density at radius 3 is 2.44 bits per heavy atom. The van der Waals surface area contributed by atoms with Gasteiger partial charge in [-0.15, -0.1) is 0 Å². The molecule has 0 aromatic heterocycles. The molecule has 0 bridgehead atoms. The van der Waals surface area contributed by atoms with Gasteiger partial charge in [0.15, 0.2) is 6.61 Å². The van der Waals surface area contributed by atoms with E-state index >= 15 is 0 Å². The summed E-state index contributed by atoms with van der Waals surface area (Å²) in [5, 5.41) is 0. The first-order chi connectivity index (χ1) is 13.2. The van der Waals surface area contributed by atoms with Crippen LogP contribution in [-0.2, 0) is 11.2 Å². The van der Waals surface area contributed by atoms with Crippen molar-refractivity contribution in [1.82, 2.24) is 4.90 Å². The van der Waals surface area contributed by atoms with Crippen LogP contribution in [0.25, 0.3) is 0 Å². The number of ether oxygens (including phenoxy) is 1. The molecule has 3 nitrogen and oxygen atoms in total.